The van der Waals surface area contributed by atoms with E-state index in [1.54, 1.807) is 4.90 Å². The predicted molar refractivity (Wildman–Crippen MR) is 42.3 cm³/mol. The van der Waals surface area contributed by atoms with Crippen molar-refractivity contribution in [2.45, 2.75) is 25.2 Å². The van der Waals surface area contributed by atoms with E-state index in [2.05, 4.69) is 0 Å². The van der Waals surface area contributed by atoms with E-state index in [0.29, 0.717) is 19.4 Å². The van der Waals surface area contributed by atoms with Gasteiger partial charge in [0, 0.05) is 19.6 Å². The molecule has 1 rings (SSSR count). The second kappa shape index (κ2) is 4.14. The summed E-state index contributed by atoms with van der Waals surface area (Å²) in [5.41, 5.74) is 0. The van der Waals surface area contributed by atoms with Crippen molar-refractivity contribution >= 4 is 0 Å². The molecule has 0 aromatic rings. The number of rotatable bonds is 3. The zero-order chi connectivity index (χ0) is 9.03. The molecule has 0 bridgehead atoms. The van der Waals surface area contributed by atoms with Crippen molar-refractivity contribution in [2.75, 3.05) is 26.2 Å². The van der Waals surface area contributed by atoms with Crippen molar-refractivity contribution in [3.05, 3.63) is 0 Å². The number of nitrogens with zero attached hydrogens (tertiary/aromatic N) is 1. The van der Waals surface area contributed by atoms with E-state index in [0.717, 1.165) is 6.54 Å². The molecule has 0 aromatic heterocycles. The standard InChI is InChI=1S/C8H15F2NO/c9-8(10)3-1-4-11(7-8)5-2-6-12/h12H,1-7H2. The molecule has 1 heterocycles. The van der Waals surface area contributed by atoms with Crippen molar-refractivity contribution in [1.29, 1.82) is 0 Å². The van der Waals surface area contributed by atoms with Gasteiger partial charge in [0.2, 0.25) is 0 Å². The van der Waals surface area contributed by atoms with Gasteiger partial charge < -0.3 is 5.11 Å². The Morgan fingerprint density at radius 2 is 2.17 bits per heavy atom. The first-order chi connectivity index (χ1) is 5.64. The molecular formula is C8H15F2NO. The molecule has 1 N–H and O–H groups in total. The lowest BCUT2D eigenvalue weighted by Gasteiger charge is -2.32. The van der Waals surface area contributed by atoms with Crippen molar-refractivity contribution in [3.8, 4) is 0 Å². The molecule has 0 radical (unpaired) electrons. The van der Waals surface area contributed by atoms with Gasteiger partial charge in [0.05, 0.1) is 6.54 Å². The summed E-state index contributed by atoms with van der Waals surface area (Å²) < 4.78 is 25.6. The monoisotopic (exact) mass is 179 g/mol. The van der Waals surface area contributed by atoms with E-state index < -0.39 is 5.92 Å². The van der Waals surface area contributed by atoms with Gasteiger partial charge >= 0.3 is 0 Å². The fourth-order valence-electron chi connectivity index (χ4n) is 1.53. The number of aliphatic hydroxyl groups excluding tert-OH is 1. The Kier molecular flexibility index (Phi) is 3.40. The van der Waals surface area contributed by atoms with Crippen LogP contribution >= 0.6 is 0 Å². The highest BCUT2D eigenvalue weighted by Gasteiger charge is 2.34. The maximum Gasteiger partial charge on any atom is 0.260 e. The van der Waals surface area contributed by atoms with Gasteiger partial charge in [-0.2, -0.15) is 0 Å². The Balaban J connectivity index is 2.26. The molecule has 0 amide bonds. The average molecular weight is 179 g/mol. The number of aliphatic hydroxyl groups is 1. The van der Waals surface area contributed by atoms with E-state index in [4.69, 9.17) is 5.11 Å². The Bertz CT molecular complexity index is 141. The van der Waals surface area contributed by atoms with Crippen LogP contribution in [0.3, 0.4) is 0 Å². The van der Waals surface area contributed by atoms with Crippen LogP contribution in [0.5, 0.6) is 0 Å². The second-order valence-corrected chi connectivity index (χ2v) is 3.31. The molecule has 1 aliphatic heterocycles. The maximum absolute atomic E-state index is 12.8. The third-order valence-corrected chi connectivity index (χ3v) is 2.10. The molecule has 0 saturated carbocycles. The smallest absolute Gasteiger partial charge is 0.260 e. The summed E-state index contributed by atoms with van der Waals surface area (Å²) in [5.74, 6) is -2.51. The number of alkyl halides is 2. The minimum absolute atomic E-state index is 0.0165. The first-order valence-electron chi connectivity index (χ1n) is 4.35. The van der Waals surface area contributed by atoms with Gasteiger partial charge in [-0.1, -0.05) is 0 Å². The molecule has 0 aliphatic carbocycles. The van der Waals surface area contributed by atoms with Crippen LogP contribution < -0.4 is 0 Å². The first kappa shape index (κ1) is 9.86. The summed E-state index contributed by atoms with van der Waals surface area (Å²) in [6.07, 6.45) is 1.18. The highest BCUT2D eigenvalue weighted by molar-refractivity contribution is 4.78. The van der Waals surface area contributed by atoms with Crippen molar-refractivity contribution < 1.29 is 13.9 Å². The summed E-state index contributed by atoms with van der Waals surface area (Å²) in [5, 5.41) is 8.51. The van der Waals surface area contributed by atoms with Crippen LogP contribution in [0.25, 0.3) is 0 Å². The average Bonchev–Trinajstić information content (AvgIpc) is 1.99. The van der Waals surface area contributed by atoms with E-state index >= 15 is 0 Å². The lowest BCUT2D eigenvalue weighted by Crippen LogP contribution is -2.43. The fourth-order valence-corrected chi connectivity index (χ4v) is 1.53. The summed E-state index contributed by atoms with van der Waals surface area (Å²) in [6.45, 7) is 1.29. The third kappa shape index (κ3) is 3.03. The minimum atomic E-state index is -2.51. The Morgan fingerprint density at radius 3 is 2.75 bits per heavy atom. The highest BCUT2D eigenvalue weighted by Crippen LogP contribution is 2.26. The van der Waals surface area contributed by atoms with E-state index in [1.807, 2.05) is 0 Å². The SMILES string of the molecule is OCCCN1CCCC(F)(F)C1. The van der Waals surface area contributed by atoms with Gasteiger partial charge in [-0.15, -0.1) is 0 Å². The number of hydrogen-bond acceptors (Lipinski definition) is 2. The normalized spacial score (nSPS) is 24.2. The summed E-state index contributed by atoms with van der Waals surface area (Å²) in [6, 6.07) is 0. The summed E-state index contributed by atoms with van der Waals surface area (Å²) in [7, 11) is 0. The zero-order valence-electron chi connectivity index (χ0n) is 7.10. The van der Waals surface area contributed by atoms with Crippen molar-refractivity contribution in [3.63, 3.8) is 0 Å². The quantitative estimate of drug-likeness (QED) is 0.701. The first-order valence-corrected chi connectivity index (χ1v) is 4.35. The van der Waals surface area contributed by atoms with Gasteiger partial charge in [-0.05, 0) is 19.4 Å². The van der Waals surface area contributed by atoms with Crippen LogP contribution in [0.1, 0.15) is 19.3 Å². The third-order valence-electron chi connectivity index (χ3n) is 2.10. The predicted octanol–water partition coefficient (Wildman–Crippen LogP) is 1.10. The molecule has 0 atom stereocenters. The zero-order valence-corrected chi connectivity index (χ0v) is 7.10. The number of piperidine rings is 1. The lowest BCUT2D eigenvalue weighted by atomic mass is 10.1. The van der Waals surface area contributed by atoms with Crippen LogP contribution in [-0.4, -0.2) is 42.2 Å². The van der Waals surface area contributed by atoms with Gasteiger partial charge in [-0.3, -0.25) is 4.90 Å². The van der Waals surface area contributed by atoms with Gasteiger partial charge in [0.25, 0.3) is 5.92 Å². The largest absolute Gasteiger partial charge is 0.396 e. The Labute approximate surface area is 71.2 Å². The molecule has 0 unspecified atom stereocenters. The molecule has 0 spiro atoms. The van der Waals surface area contributed by atoms with Crippen LogP contribution in [-0.2, 0) is 0 Å². The van der Waals surface area contributed by atoms with Gasteiger partial charge in [-0.25, -0.2) is 8.78 Å². The van der Waals surface area contributed by atoms with E-state index in [9.17, 15) is 8.78 Å². The number of hydrogen-bond donors (Lipinski definition) is 1. The Hall–Kier alpha value is -0.220. The highest BCUT2D eigenvalue weighted by atomic mass is 19.3. The topological polar surface area (TPSA) is 23.5 Å². The van der Waals surface area contributed by atoms with Crippen LogP contribution in [0.4, 0.5) is 8.78 Å². The maximum atomic E-state index is 12.8. The van der Waals surface area contributed by atoms with Crippen LogP contribution in [0.15, 0.2) is 0 Å². The van der Waals surface area contributed by atoms with Gasteiger partial charge in [0.15, 0.2) is 0 Å². The molecule has 12 heavy (non-hydrogen) atoms. The van der Waals surface area contributed by atoms with E-state index in [-0.39, 0.29) is 19.6 Å². The molecule has 2 nitrogen and oxygen atoms in total. The molecule has 4 heteroatoms. The molecule has 1 saturated heterocycles. The Morgan fingerprint density at radius 1 is 1.42 bits per heavy atom. The molecule has 72 valence electrons. The molecular weight excluding hydrogens is 164 g/mol. The summed E-state index contributed by atoms with van der Waals surface area (Å²) in [4.78, 5) is 1.72. The van der Waals surface area contributed by atoms with Gasteiger partial charge in [0.1, 0.15) is 0 Å². The number of halogens is 2. The van der Waals surface area contributed by atoms with E-state index in [1.165, 1.54) is 0 Å². The summed E-state index contributed by atoms with van der Waals surface area (Å²) >= 11 is 0. The molecule has 0 aromatic carbocycles. The van der Waals surface area contributed by atoms with Crippen LogP contribution in [0.2, 0.25) is 0 Å². The molecule has 1 aliphatic rings. The van der Waals surface area contributed by atoms with Crippen LogP contribution in [0, 0.1) is 0 Å². The van der Waals surface area contributed by atoms with Crippen molar-refractivity contribution in [2.24, 2.45) is 0 Å². The van der Waals surface area contributed by atoms with Crippen molar-refractivity contribution in [1.82, 2.24) is 4.90 Å². The number of likely N-dealkylation sites (tertiary alicyclic amines) is 1. The second-order valence-electron chi connectivity index (χ2n) is 3.31. The minimum Gasteiger partial charge on any atom is -0.396 e. The molecule has 1 fully saturated rings. The fraction of sp³-hybridized carbons (Fsp3) is 1.00. The lowest BCUT2D eigenvalue weighted by molar-refractivity contribution is -0.0646.